The summed E-state index contributed by atoms with van der Waals surface area (Å²) in [7, 11) is -0.446. The van der Waals surface area contributed by atoms with Gasteiger partial charge in [-0.15, -0.1) is 0 Å². The number of fused-ring (bicyclic) bond motifs is 9. The van der Waals surface area contributed by atoms with Crippen LogP contribution in [0.25, 0.3) is 76.5 Å². The van der Waals surface area contributed by atoms with Gasteiger partial charge in [-0.2, -0.15) is 0 Å². The maximum Gasteiger partial charge on any atom is 0.495 e. The van der Waals surface area contributed by atoms with Gasteiger partial charge in [-0.25, -0.2) is 0 Å². The molecule has 0 amide bonds. The molecular formula is C44H35BN2O2. The van der Waals surface area contributed by atoms with Crippen LogP contribution in [0.2, 0.25) is 0 Å². The van der Waals surface area contributed by atoms with Gasteiger partial charge >= 0.3 is 7.12 Å². The molecule has 1 aliphatic heterocycles. The largest absolute Gasteiger partial charge is 0.495 e. The molecule has 49 heavy (non-hydrogen) atoms. The minimum atomic E-state index is -0.446. The highest BCUT2D eigenvalue weighted by atomic mass is 16.7. The Bertz CT molecular complexity index is 2780. The molecule has 0 bridgehead atoms. The topological polar surface area (TPSA) is 28.3 Å². The number of hydrogen-bond donors (Lipinski definition) is 0. The third kappa shape index (κ3) is 4.00. The lowest BCUT2D eigenvalue weighted by molar-refractivity contribution is 0.00578. The first kappa shape index (κ1) is 28.6. The highest BCUT2D eigenvalue weighted by Crippen LogP contribution is 2.43. The number of benzene rings is 7. The Morgan fingerprint density at radius 3 is 1.84 bits per heavy atom. The normalized spacial score (nSPS) is 15.9. The van der Waals surface area contributed by atoms with Gasteiger partial charge in [-0.1, -0.05) is 103 Å². The molecule has 0 atom stereocenters. The van der Waals surface area contributed by atoms with Crippen molar-refractivity contribution >= 4 is 77.7 Å². The van der Waals surface area contributed by atoms with Crippen molar-refractivity contribution < 1.29 is 9.31 Å². The quantitative estimate of drug-likeness (QED) is 0.181. The van der Waals surface area contributed by atoms with E-state index < -0.39 is 18.3 Å². The number of rotatable bonds is 3. The number of aromatic nitrogens is 2. The van der Waals surface area contributed by atoms with Crippen LogP contribution < -0.4 is 5.46 Å². The molecule has 1 fully saturated rings. The summed E-state index contributed by atoms with van der Waals surface area (Å²) in [4.78, 5) is 0. The molecule has 7 aromatic carbocycles. The molecule has 9 aromatic rings. The van der Waals surface area contributed by atoms with Gasteiger partial charge in [-0.05, 0) is 80.3 Å². The first-order valence-corrected chi connectivity index (χ1v) is 17.1. The zero-order valence-corrected chi connectivity index (χ0v) is 28.1. The van der Waals surface area contributed by atoms with Crippen molar-refractivity contribution in [1.82, 2.24) is 9.13 Å². The highest BCUT2D eigenvalue weighted by molar-refractivity contribution is 6.65. The van der Waals surface area contributed by atoms with Crippen LogP contribution >= 0.6 is 0 Å². The molecule has 1 aliphatic rings. The van der Waals surface area contributed by atoms with Crippen LogP contribution in [-0.4, -0.2) is 27.5 Å². The van der Waals surface area contributed by atoms with Crippen LogP contribution in [0.1, 0.15) is 27.7 Å². The van der Waals surface area contributed by atoms with Gasteiger partial charge in [0.05, 0.1) is 39.0 Å². The van der Waals surface area contributed by atoms with E-state index in [9.17, 15) is 0 Å². The number of nitrogens with zero attached hydrogens (tertiary/aromatic N) is 2. The van der Waals surface area contributed by atoms with E-state index in [1.165, 1.54) is 54.4 Å². The van der Waals surface area contributed by atoms with Gasteiger partial charge in [0.1, 0.15) is 0 Å². The average Bonchev–Trinajstić information content (AvgIpc) is 3.70. The lowest BCUT2D eigenvalue weighted by Crippen LogP contribution is -2.41. The molecule has 0 saturated carbocycles. The van der Waals surface area contributed by atoms with Crippen molar-refractivity contribution in [3.63, 3.8) is 0 Å². The maximum absolute atomic E-state index is 6.56. The fourth-order valence-electron chi connectivity index (χ4n) is 8.02. The van der Waals surface area contributed by atoms with Gasteiger partial charge in [-0.3, -0.25) is 0 Å². The fraction of sp³-hybridized carbons (Fsp3) is 0.136. The first-order valence-electron chi connectivity index (χ1n) is 17.1. The molecule has 0 spiro atoms. The van der Waals surface area contributed by atoms with E-state index in [0.717, 1.165) is 27.6 Å². The van der Waals surface area contributed by atoms with E-state index in [2.05, 4.69) is 176 Å². The molecule has 0 radical (unpaired) electrons. The van der Waals surface area contributed by atoms with Crippen LogP contribution in [0.5, 0.6) is 0 Å². The zero-order valence-electron chi connectivity index (χ0n) is 28.1. The van der Waals surface area contributed by atoms with E-state index in [0.29, 0.717) is 0 Å². The lowest BCUT2D eigenvalue weighted by Gasteiger charge is -2.32. The van der Waals surface area contributed by atoms with Crippen molar-refractivity contribution in [3.8, 4) is 11.4 Å². The van der Waals surface area contributed by atoms with Crippen molar-refractivity contribution in [2.24, 2.45) is 0 Å². The van der Waals surface area contributed by atoms with Gasteiger partial charge in [0.25, 0.3) is 0 Å². The van der Waals surface area contributed by atoms with Gasteiger partial charge < -0.3 is 18.4 Å². The smallest absolute Gasteiger partial charge is 0.399 e. The van der Waals surface area contributed by atoms with Crippen LogP contribution in [-0.2, 0) is 9.31 Å². The third-order valence-electron chi connectivity index (χ3n) is 11.1. The predicted octanol–water partition coefficient (Wildman–Crippen LogP) is 10.5. The summed E-state index contributed by atoms with van der Waals surface area (Å²) >= 11 is 0. The maximum atomic E-state index is 6.56. The monoisotopic (exact) mass is 634 g/mol. The minimum Gasteiger partial charge on any atom is -0.399 e. The summed E-state index contributed by atoms with van der Waals surface area (Å²) < 4.78 is 18.0. The lowest BCUT2D eigenvalue weighted by atomic mass is 9.76. The second-order valence-electron chi connectivity index (χ2n) is 14.4. The number of hydrogen-bond acceptors (Lipinski definition) is 2. The van der Waals surface area contributed by atoms with E-state index >= 15 is 0 Å². The standard InChI is InChI=1S/C44H35BN2O2/c1-43(2)44(3,4)49-45(48-43)37-24-25-39(32-19-11-10-18-31(32)37)47-38-21-13-12-20-33(38)35-26-36-34-23-22-28-14-8-9-17-30(28)42(34)46(40(36)27-41(35)47)29-15-6-5-7-16-29/h5-27H,1-4H3. The van der Waals surface area contributed by atoms with E-state index in [-0.39, 0.29) is 0 Å². The van der Waals surface area contributed by atoms with E-state index in [1.807, 2.05) is 0 Å². The van der Waals surface area contributed by atoms with E-state index in [4.69, 9.17) is 9.31 Å². The van der Waals surface area contributed by atoms with Crippen molar-refractivity contribution in [3.05, 3.63) is 140 Å². The highest BCUT2D eigenvalue weighted by Gasteiger charge is 2.52. The van der Waals surface area contributed by atoms with Crippen molar-refractivity contribution in [2.45, 2.75) is 38.9 Å². The summed E-state index contributed by atoms with van der Waals surface area (Å²) in [6, 6.07) is 50.8. The summed E-state index contributed by atoms with van der Waals surface area (Å²) in [6.07, 6.45) is 0. The Morgan fingerprint density at radius 1 is 0.449 bits per heavy atom. The Morgan fingerprint density at radius 2 is 1.06 bits per heavy atom. The number of para-hydroxylation sites is 2. The molecule has 0 unspecified atom stereocenters. The summed E-state index contributed by atoms with van der Waals surface area (Å²) in [5.74, 6) is 0. The van der Waals surface area contributed by atoms with Crippen LogP contribution in [0, 0.1) is 0 Å². The molecule has 0 N–H and O–H groups in total. The first-order chi connectivity index (χ1) is 23.8. The van der Waals surface area contributed by atoms with Crippen LogP contribution in [0.3, 0.4) is 0 Å². The van der Waals surface area contributed by atoms with E-state index in [1.54, 1.807) is 0 Å². The molecule has 10 rings (SSSR count). The second-order valence-corrected chi connectivity index (χ2v) is 14.4. The van der Waals surface area contributed by atoms with Gasteiger partial charge in [0.2, 0.25) is 0 Å². The molecule has 3 heterocycles. The Kier molecular flexibility index (Phi) is 5.89. The second kappa shape index (κ2) is 10.1. The fourth-order valence-corrected chi connectivity index (χ4v) is 8.02. The molecule has 236 valence electrons. The molecule has 2 aromatic heterocycles. The summed E-state index contributed by atoms with van der Waals surface area (Å²) in [6.45, 7) is 8.44. The Balaban J connectivity index is 1.31. The average molecular weight is 635 g/mol. The van der Waals surface area contributed by atoms with Crippen LogP contribution in [0.4, 0.5) is 0 Å². The summed E-state index contributed by atoms with van der Waals surface area (Å²) in [5, 5.41) is 9.77. The molecule has 5 heteroatoms. The van der Waals surface area contributed by atoms with Crippen LogP contribution in [0.15, 0.2) is 140 Å². The summed E-state index contributed by atoms with van der Waals surface area (Å²) in [5.41, 5.74) is 7.28. The Hall–Kier alpha value is -5.36. The zero-order chi connectivity index (χ0) is 33.1. The van der Waals surface area contributed by atoms with Gasteiger partial charge in [0.15, 0.2) is 0 Å². The van der Waals surface area contributed by atoms with Gasteiger partial charge in [0, 0.05) is 38.0 Å². The molecule has 0 aliphatic carbocycles. The molecule has 4 nitrogen and oxygen atoms in total. The molecular weight excluding hydrogens is 599 g/mol. The third-order valence-corrected chi connectivity index (χ3v) is 11.1. The Labute approximate surface area is 285 Å². The van der Waals surface area contributed by atoms with Crippen molar-refractivity contribution in [1.29, 1.82) is 0 Å². The molecule has 1 saturated heterocycles. The van der Waals surface area contributed by atoms with Crippen molar-refractivity contribution in [2.75, 3.05) is 0 Å². The predicted molar refractivity (Wildman–Crippen MR) is 206 cm³/mol. The SMILES string of the molecule is CC1(C)OB(c2ccc(-n3c4ccccc4c4cc5c6ccc7ccccc7c6n(-c6ccccc6)c5cc43)c3ccccc23)OC1(C)C. The minimum absolute atomic E-state index is 0.418.